The van der Waals surface area contributed by atoms with Gasteiger partial charge in [-0.1, -0.05) is 0 Å². The first-order valence-electron chi connectivity index (χ1n) is 8.26. The molecule has 1 aromatic heterocycles. The maximum Gasteiger partial charge on any atom is 0.244 e. The molecule has 2 heterocycles. The fourth-order valence-electron chi connectivity index (χ4n) is 3.16. The molecule has 132 valence electrons. The van der Waals surface area contributed by atoms with Crippen LogP contribution >= 0.6 is 0 Å². The van der Waals surface area contributed by atoms with E-state index >= 15 is 0 Å². The third-order valence-corrected chi connectivity index (χ3v) is 4.54. The minimum atomic E-state index is -0.134. The maximum absolute atomic E-state index is 12.9. The summed E-state index contributed by atoms with van der Waals surface area (Å²) in [7, 11) is 5.20. The van der Waals surface area contributed by atoms with Gasteiger partial charge in [0.05, 0.1) is 25.9 Å². The highest BCUT2D eigenvalue weighted by Gasteiger charge is 2.35. The van der Waals surface area contributed by atoms with Crippen LogP contribution in [0.3, 0.4) is 0 Å². The summed E-state index contributed by atoms with van der Waals surface area (Å²) in [6.45, 7) is 1.40. The van der Waals surface area contributed by atoms with Crippen molar-refractivity contribution >= 4 is 11.6 Å². The van der Waals surface area contributed by atoms with E-state index in [2.05, 4.69) is 9.88 Å². The summed E-state index contributed by atoms with van der Waals surface area (Å²) >= 11 is 0. The van der Waals surface area contributed by atoms with Crippen molar-refractivity contribution in [3.8, 4) is 11.5 Å². The Morgan fingerprint density at radius 1 is 1.16 bits per heavy atom. The van der Waals surface area contributed by atoms with E-state index in [9.17, 15) is 4.79 Å². The summed E-state index contributed by atoms with van der Waals surface area (Å²) in [5.74, 6) is 1.46. The molecule has 1 fully saturated rings. The minimum absolute atomic E-state index is 0.104. The van der Waals surface area contributed by atoms with E-state index in [4.69, 9.17) is 9.47 Å². The van der Waals surface area contributed by atoms with Crippen LogP contribution in [0, 0.1) is 0 Å². The normalized spacial score (nSPS) is 17.2. The Morgan fingerprint density at radius 2 is 1.80 bits per heavy atom. The van der Waals surface area contributed by atoms with Gasteiger partial charge in [0.1, 0.15) is 11.5 Å². The van der Waals surface area contributed by atoms with Crippen molar-refractivity contribution in [3.05, 3.63) is 48.3 Å². The second kappa shape index (κ2) is 7.53. The lowest BCUT2D eigenvalue weighted by Gasteiger charge is -2.24. The molecule has 1 aromatic carbocycles. The molecule has 0 saturated carbocycles. The van der Waals surface area contributed by atoms with E-state index in [1.807, 2.05) is 31.3 Å². The third-order valence-electron chi connectivity index (χ3n) is 4.54. The van der Waals surface area contributed by atoms with Crippen LogP contribution < -0.4 is 14.4 Å². The summed E-state index contributed by atoms with van der Waals surface area (Å²) in [6.07, 6.45) is 4.34. The molecule has 1 amide bonds. The van der Waals surface area contributed by atoms with Gasteiger partial charge >= 0.3 is 0 Å². The molecule has 0 unspecified atom stereocenters. The van der Waals surface area contributed by atoms with E-state index in [1.54, 1.807) is 37.6 Å². The molecule has 0 N–H and O–H groups in total. The Hall–Kier alpha value is -2.60. The van der Waals surface area contributed by atoms with E-state index in [1.165, 1.54) is 0 Å². The highest BCUT2D eigenvalue weighted by Crippen LogP contribution is 2.32. The van der Waals surface area contributed by atoms with Crippen LogP contribution in [-0.2, 0) is 11.3 Å². The van der Waals surface area contributed by atoms with Gasteiger partial charge < -0.3 is 14.4 Å². The van der Waals surface area contributed by atoms with Crippen LogP contribution in [0.1, 0.15) is 12.0 Å². The smallest absolute Gasteiger partial charge is 0.244 e. The molecule has 0 radical (unpaired) electrons. The molecule has 25 heavy (non-hydrogen) atoms. The average molecular weight is 341 g/mol. The van der Waals surface area contributed by atoms with E-state index in [-0.39, 0.29) is 11.9 Å². The van der Waals surface area contributed by atoms with Gasteiger partial charge in [0.25, 0.3) is 0 Å². The molecule has 0 bridgehead atoms. The molecule has 1 saturated heterocycles. The third kappa shape index (κ3) is 3.74. The number of benzene rings is 1. The fraction of sp³-hybridized carbons (Fsp3) is 0.368. The molecule has 0 spiro atoms. The van der Waals surface area contributed by atoms with Crippen LogP contribution in [0.25, 0.3) is 0 Å². The van der Waals surface area contributed by atoms with Crippen LogP contribution in [0.15, 0.2) is 42.7 Å². The van der Waals surface area contributed by atoms with Gasteiger partial charge in [0.15, 0.2) is 0 Å². The molecule has 1 atom stereocenters. The number of aromatic nitrogens is 1. The first-order valence-corrected chi connectivity index (χ1v) is 8.26. The van der Waals surface area contributed by atoms with E-state index in [0.717, 1.165) is 17.7 Å². The molecule has 3 rings (SSSR count). The molecule has 6 heteroatoms. The zero-order chi connectivity index (χ0) is 17.8. The monoisotopic (exact) mass is 341 g/mol. The van der Waals surface area contributed by atoms with Gasteiger partial charge in [0, 0.05) is 43.7 Å². The quantitative estimate of drug-likeness (QED) is 0.807. The second-order valence-corrected chi connectivity index (χ2v) is 6.14. The number of anilines is 1. The van der Waals surface area contributed by atoms with Crippen LogP contribution in [0.5, 0.6) is 11.5 Å². The Kier molecular flexibility index (Phi) is 5.19. The van der Waals surface area contributed by atoms with Gasteiger partial charge in [-0.3, -0.25) is 14.7 Å². The average Bonchev–Trinajstić information content (AvgIpc) is 3.03. The van der Waals surface area contributed by atoms with Crippen molar-refractivity contribution in [1.29, 1.82) is 0 Å². The van der Waals surface area contributed by atoms with Crippen molar-refractivity contribution in [2.45, 2.75) is 19.0 Å². The Labute approximate surface area is 148 Å². The lowest BCUT2D eigenvalue weighted by Crippen LogP contribution is -2.39. The number of rotatable bonds is 6. The molecule has 1 aliphatic heterocycles. The van der Waals surface area contributed by atoms with Crippen molar-refractivity contribution in [2.24, 2.45) is 0 Å². The summed E-state index contributed by atoms with van der Waals surface area (Å²) in [5.41, 5.74) is 1.95. The Bertz CT molecular complexity index is 714. The second-order valence-electron chi connectivity index (χ2n) is 6.14. The van der Waals surface area contributed by atoms with Crippen molar-refractivity contribution in [3.63, 3.8) is 0 Å². The largest absolute Gasteiger partial charge is 0.497 e. The van der Waals surface area contributed by atoms with Crippen molar-refractivity contribution in [1.82, 2.24) is 9.88 Å². The highest BCUT2D eigenvalue weighted by atomic mass is 16.5. The number of carbonyl (C=O) groups excluding carboxylic acids is 1. The number of ether oxygens (including phenoxy) is 2. The maximum atomic E-state index is 12.9. The predicted molar refractivity (Wildman–Crippen MR) is 96.0 cm³/mol. The first kappa shape index (κ1) is 17.2. The molecule has 6 nitrogen and oxygen atoms in total. The van der Waals surface area contributed by atoms with Gasteiger partial charge in [-0.25, -0.2) is 0 Å². The zero-order valence-electron chi connectivity index (χ0n) is 14.8. The lowest BCUT2D eigenvalue weighted by molar-refractivity contribution is -0.121. The van der Waals surface area contributed by atoms with Crippen molar-refractivity contribution in [2.75, 3.05) is 32.7 Å². The van der Waals surface area contributed by atoms with Crippen LogP contribution in [-0.4, -0.2) is 49.6 Å². The molecule has 0 aliphatic carbocycles. The number of nitrogens with zero attached hydrogens (tertiary/aromatic N) is 3. The van der Waals surface area contributed by atoms with Gasteiger partial charge in [-0.2, -0.15) is 0 Å². The van der Waals surface area contributed by atoms with Crippen molar-refractivity contribution < 1.29 is 14.3 Å². The Morgan fingerprint density at radius 3 is 2.40 bits per heavy atom. The topological polar surface area (TPSA) is 54.9 Å². The molecule has 1 aliphatic rings. The molecular weight excluding hydrogens is 318 g/mol. The number of methoxy groups -OCH3 is 2. The Balaban J connectivity index is 1.75. The van der Waals surface area contributed by atoms with E-state index in [0.29, 0.717) is 24.6 Å². The zero-order valence-corrected chi connectivity index (χ0v) is 14.8. The number of pyridine rings is 1. The summed E-state index contributed by atoms with van der Waals surface area (Å²) in [4.78, 5) is 20.9. The predicted octanol–water partition coefficient (Wildman–Crippen LogP) is 2.34. The number of carbonyl (C=O) groups is 1. The van der Waals surface area contributed by atoms with E-state index < -0.39 is 0 Å². The van der Waals surface area contributed by atoms with Crippen LogP contribution in [0.4, 0.5) is 5.69 Å². The number of hydrogen-bond acceptors (Lipinski definition) is 5. The number of amides is 1. The fourth-order valence-corrected chi connectivity index (χ4v) is 3.16. The first-order chi connectivity index (χ1) is 12.1. The highest BCUT2D eigenvalue weighted by molar-refractivity contribution is 5.99. The van der Waals surface area contributed by atoms with Gasteiger partial charge in [0.2, 0.25) is 5.91 Å². The molecular formula is C19H23N3O3. The van der Waals surface area contributed by atoms with Crippen LogP contribution in [0.2, 0.25) is 0 Å². The molecule has 2 aromatic rings. The lowest BCUT2D eigenvalue weighted by atomic mass is 10.2. The number of likely N-dealkylation sites (N-methyl/N-ethyl adjacent to an activating group) is 1. The summed E-state index contributed by atoms with van der Waals surface area (Å²) in [5, 5.41) is 0. The van der Waals surface area contributed by atoms with Gasteiger partial charge in [-0.05, 0) is 31.2 Å². The number of hydrogen-bond donors (Lipinski definition) is 0. The summed E-state index contributed by atoms with van der Waals surface area (Å²) in [6, 6.07) is 9.35. The summed E-state index contributed by atoms with van der Waals surface area (Å²) < 4.78 is 10.6. The minimum Gasteiger partial charge on any atom is -0.497 e. The standard InChI is InChI=1S/C19H23N3O3/c1-21(13-14-4-7-20-8-5-14)18-6-9-22(19(18)23)15-10-16(24-2)12-17(11-15)25-3/h4-5,7-8,10-12,18H,6,9,13H2,1-3H3/t18-/m1/s1. The van der Waals surface area contributed by atoms with Gasteiger partial charge in [-0.15, -0.1) is 0 Å². The SMILES string of the molecule is COc1cc(OC)cc(N2CC[C@@H](N(C)Cc3ccncc3)C2=O)c1.